The normalized spacial score (nSPS) is 13.5. The first kappa shape index (κ1) is 15.2. The first-order chi connectivity index (χ1) is 8.45. The maximum atomic E-state index is 11.3. The number of nitrogens with zero attached hydrogens (tertiary/aromatic N) is 1. The van der Waals surface area contributed by atoms with E-state index < -0.39 is 9.84 Å². The van der Waals surface area contributed by atoms with Crippen LogP contribution in [0.25, 0.3) is 0 Å². The van der Waals surface area contributed by atoms with Gasteiger partial charge in [0.25, 0.3) is 0 Å². The number of hydrogen-bond donors (Lipinski definition) is 0. The monoisotopic (exact) mass is 269 g/mol. The molecule has 4 heteroatoms. The second-order valence-electron chi connectivity index (χ2n) is 4.94. The van der Waals surface area contributed by atoms with Gasteiger partial charge in [-0.1, -0.05) is 39.5 Å². The Morgan fingerprint density at radius 3 is 2.44 bits per heavy atom. The van der Waals surface area contributed by atoms with Gasteiger partial charge >= 0.3 is 0 Å². The van der Waals surface area contributed by atoms with Gasteiger partial charge in [0.15, 0.2) is 9.84 Å². The summed E-state index contributed by atoms with van der Waals surface area (Å²) >= 11 is 0. The van der Waals surface area contributed by atoms with Crippen LogP contribution in [-0.2, 0) is 9.84 Å². The van der Waals surface area contributed by atoms with Crippen LogP contribution in [0.3, 0.4) is 0 Å². The second kappa shape index (κ2) is 6.88. The van der Waals surface area contributed by atoms with Gasteiger partial charge in [-0.05, 0) is 24.5 Å². The highest BCUT2D eigenvalue weighted by Gasteiger charge is 2.10. The van der Waals surface area contributed by atoms with E-state index in [1.807, 2.05) is 6.07 Å². The van der Waals surface area contributed by atoms with Crippen LogP contribution in [0.1, 0.15) is 57.6 Å². The third-order valence-corrected chi connectivity index (χ3v) is 4.28. The fraction of sp³-hybridized carbons (Fsp3) is 0.643. The molecule has 102 valence electrons. The summed E-state index contributed by atoms with van der Waals surface area (Å²) in [6.07, 6.45) is 8.80. The highest BCUT2D eigenvalue weighted by Crippen LogP contribution is 2.21. The highest BCUT2D eigenvalue weighted by atomic mass is 32.2. The molecule has 1 aromatic heterocycles. The van der Waals surface area contributed by atoms with Gasteiger partial charge < -0.3 is 0 Å². The van der Waals surface area contributed by atoms with Gasteiger partial charge in [0.05, 0.1) is 4.90 Å². The van der Waals surface area contributed by atoms with Gasteiger partial charge in [-0.2, -0.15) is 0 Å². The molecule has 0 N–H and O–H groups in total. The zero-order chi connectivity index (χ0) is 13.6. The van der Waals surface area contributed by atoms with Crippen molar-refractivity contribution in [3.8, 4) is 0 Å². The SMILES string of the molecule is CCCCCCC(C)c1ccc(S(C)(=O)=O)cn1. The summed E-state index contributed by atoms with van der Waals surface area (Å²) in [5.41, 5.74) is 0.985. The maximum absolute atomic E-state index is 11.3. The van der Waals surface area contributed by atoms with E-state index in [9.17, 15) is 8.42 Å². The van der Waals surface area contributed by atoms with Crippen LogP contribution in [0.15, 0.2) is 23.2 Å². The molecule has 3 nitrogen and oxygen atoms in total. The lowest BCUT2D eigenvalue weighted by Crippen LogP contribution is -2.01. The molecule has 0 spiro atoms. The Morgan fingerprint density at radius 1 is 1.22 bits per heavy atom. The Hall–Kier alpha value is -0.900. The van der Waals surface area contributed by atoms with E-state index in [0.29, 0.717) is 10.8 Å². The van der Waals surface area contributed by atoms with Crippen LogP contribution >= 0.6 is 0 Å². The lowest BCUT2D eigenvalue weighted by molar-refractivity contribution is 0.571. The molecule has 1 aromatic rings. The van der Waals surface area contributed by atoms with Crippen molar-refractivity contribution < 1.29 is 8.42 Å². The quantitative estimate of drug-likeness (QED) is 0.711. The van der Waals surface area contributed by atoms with Crippen molar-refractivity contribution in [2.45, 2.75) is 56.8 Å². The van der Waals surface area contributed by atoms with E-state index in [2.05, 4.69) is 18.8 Å². The van der Waals surface area contributed by atoms with Gasteiger partial charge in [-0.15, -0.1) is 0 Å². The van der Waals surface area contributed by atoms with Crippen LogP contribution < -0.4 is 0 Å². The molecule has 1 heterocycles. The van der Waals surface area contributed by atoms with Crippen molar-refractivity contribution in [2.24, 2.45) is 0 Å². The zero-order valence-electron chi connectivity index (χ0n) is 11.5. The predicted octanol–water partition coefficient (Wildman–Crippen LogP) is 3.56. The van der Waals surface area contributed by atoms with Crippen LogP contribution in [0.4, 0.5) is 0 Å². The lowest BCUT2D eigenvalue weighted by Gasteiger charge is -2.10. The molecule has 0 aliphatic carbocycles. The smallest absolute Gasteiger partial charge is 0.177 e. The lowest BCUT2D eigenvalue weighted by atomic mass is 9.99. The van der Waals surface area contributed by atoms with Gasteiger partial charge in [0.1, 0.15) is 0 Å². The minimum absolute atomic E-state index is 0.296. The molecule has 0 saturated carbocycles. The van der Waals surface area contributed by atoms with Crippen LogP contribution in [0.2, 0.25) is 0 Å². The molecule has 1 atom stereocenters. The van der Waals surface area contributed by atoms with Crippen LogP contribution in [0, 0.1) is 0 Å². The maximum Gasteiger partial charge on any atom is 0.177 e. The number of pyridine rings is 1. The van der Waals surface area contributed by atoms with Crippen molar-refractivity contribution >= 4 is 9.84 Å². The van der Waals surface area contributed by atoms with Crippen molar-refractivity contribution in [3.05, 3.63) is 24.0 Å². The van der Waals surface area contributed by atoms with E-state index in [1.54, 1.807) is 6.07 Å². The number of unbranched alkanes of at least 4 members (excludes halogenated alkanes) is 3. The Bertz CT molecular complexity index is 451. The molecule has 0 amide bonds. The average Bonchev–Trinajstić information content (AvgIpc) is 2.33. The van der Waals surface area contributed by atoms with E-state index >= 15 is 0 Å². The summed E-state index contributed by atoms with van der Waals surface area (Å²) in [4.78, 5) is 4.56. The third kappa shape index (κ3) is 4.77. The molecule has 0 aliphatic heterocycles. The molecule has 0 fully saturated rings. The van der Waals surface area contributed by atoms with Crippen molar-refractivity contribution in [1.29, 1.82) is 0 Å². The summed E-state index contributed by atoms with van der Waals surface area (Å²) in [7, 11) is -3.13. The summed E-state index contributed by atoms with van der Waals surface area (Å²) in [6.45, 7) is 4.35. The average molecular weight is 269 g/mol. The summed E-state index contributed by atoms with van der Waals surface area (Å²) < 4.78 is 22.6. The van der Waals surface area contributed by atoms with Gasteiger partial charge in [-0.25, -0.2) is 8.42 Å². The Kier molecular flexibility index (Phi) is 5.79. The van der Waals surface area contributed by atoms with E-state index in [-0.39, 0.29) is 0 Å². The number of rotatable bonds is 7. The molecular weight excluding hydrogens is 246 g/mol. The van der Waals surface area contributed by atoms with Crippen LogP contribution in [-0.4, -0.2) is 19.7 Å². The number of aromatic nitrogens is 1. The van der Waals surface area contributed by atoms with E-state index in [0.717, 1.165) is 12.1 Å². The standard InChI is InChI=1S/C14H23NO2S/c1-4-5-6-7-8-12(2)14-10-9-13(11-15-14)18(3,16)17/h9-12H,4-8H2,1-3H3. The van der Waals surface area contributed by atoms with Crippen molar-refractivity contribution in [3.63, 3.8) is 0 Å². The van der Waals surface area contributed by atoms with Crippen molar-refractivity contribution in [2.75, 3.05) is 6.26 Å². The zero-order valence-corrected chi connectivity index (χ0v) is 12.3. The fourth-order valence-corrected chi connectivity index (χ4v) is 2.49. The van der Waals surface area contributed by atoms with Gasteiger partial charge in [0, 0.05) is 18.1 Å². The van der Waals surface area contributed by atoms with E-state index in [4.69, 9.17) is 0 Å². The summed E-state index contributed by atoms with van der Waals surface area (Å²) in [5, 5.41) is 0. The molecule has 0 aromatic carbocycles. The second-order valence-corrected chi connectivity index (χ2v) is 6.96. The molecule has 0 aliphatic rings. The topological polar surface area (TPSA) is 47.0 Å². The summed E-state index contributed by atoms with van der Waals surface area (Å²) in [6, 6.07) is 3.49. The Morgan fingerprint density at radius 2 is 1.94 bits per heavy atom. The number of hydrogen-bond acceptors (Lipinski definition) is 3. The van der Waals surface area contributed by atoms with E-state index in [1.165, 1.54) is 38.1 Å². The third-order valence-electron chi connectivity index (χ3n) is 3.18. The fourth-order valence-electron chi connectivity index (χ4n) is 1.93. The molecule has 1 unspecified atom stereocenters. The van der Waals surface area contributed by atoms with Gasteiger partial charge in [0.2, 0.25) is 0 Å². The Labute approximate surface area is 111 Å². The minimum Gasteiger partial charge on any atom is -0.260 e. The largest absolute Gasteiger partial charge is 0.260 e. The molecular formula is C14H23NO2S. The molecule has 18 heavy (non-hydrogen) atoms. The van der Waals surface area contributed by atoms with Crippen LogP contribution in [0.5, 0.6) is 0 Å². The molecule has 0 radical (unpaired) electrons. The predicted molar refractivity (Wildman–Crippen MR) is 74.5 cm³/mol. The molecule has 0 bridgehead atoms. The number of sulfone groups is 1. The first-order valence-electron chi connectivity index (χ1n) is 6.61. The highest BCUT2D eigenvalue weighted by molar-refractivity contribution is 7.90. The molecule has 0 saturated heterocycles. The minimum atomic E-state index is -3.13. The first-order valence-corrected chi connectivity index (χ1v) is 8.50. The molecule has 1 rings (SSSR count). The Balaban J connectivity index is 2.57. The van der Waals surface area contributed by atoms with Crippen molar-refractivity contribution in [1.82, 2.24) is 4.98 Å². The summed E-state index contributed by atoms with van der Waals surface area (Å²) in [5.74, 6) is 0.399. The van der Waals surface area contributed by atoms with Gasteiger partial charge in [-0.3, -0.25) is 4.98 Å².